The van der Waals surface area contributed by atoms with Gasteiger partial charge in [0.05, 0.1) is 12.6 Å². The lowest BCUT2D eigenvalue weighted by Gasteiger charge is -2.34. The first-order valence-electron chi connectivity index (χ1n) is 9.11. The first-order valence-corrected chi connectivity index (χ1v) is 9.11. The Hall–Kier alpha value is -0.930. The summed E-state index contributed by atoms with van der Waals surface area (Å²) in [7, 11) is 1.66. The second-order valence-electron chi connectivity index (χ2n) is 6.11. The number of hydrogen-bond acceptors (Lipinski definition) is 3. The summed E-state index contributed by atoms with van der Waals surface area (Å²) in [5, 5.41) is 3.36. The van der Waals surface area contributed by atoms with Crippen LogP contribution >= 0.6 is 24.0 Å². The monoisotopic (exact) mass is 479 g/mol. The Morgan fingerprint density at radius 2 is 1.92 bits per heavy atom. The molecule has 1 aliphatic rings. The minimum atomic E-state index is -0.243. The maximum Gasteiger partial charge on any atom is 0.194 e. The van der Waals surface area contributed by atoms with Crippen LogP contribution in [0, 0.1) is 5.82 Å². The van der Waals surface area contributed by atoms with E-state index in [2.05, 4.69) is 17.1 Å². The first kappa shape index (κ1) is 23.1. The standard InChI is InChI=1S/C19H30FN3O2.HI/c1-4-21-19(23-12-10-17(11-13-23)25-5-2)22-14-18(24-3)15-6-8-16(20)9-7-15;/h6-9,17-18H,4-5,10-14H2,1-3H3,(H,21,22);1H. The summed E-state index contributed by atoms with van der Waals surface area (Å²) in [5.74, 6) is 0.661. The number of ether oxygens (including phenoxy) is 2. The number of aliphatic imine (C=N–C) groups is 1. The largest absolute Gasteiger partial charge is 0.378 e. The Morgan fingerprint density at radius 1 is 1.27 bits per heavy atom. The molecule has 5 nitrogen and oxygen atoms in total. The van der Waals surface area contributed by atoms with Crippen LogP contribution in [0.3, 0.4) is 0 Å². The summed E-state index contributed by atoms with van der Waals surface area (Å²) in [6, 6.07) is 6.41. The van der Waals surface area contributed by atoms with Crippen molar-refractivity contribution in [2.75, 3.05) is 39.9 Å². The minimum Gasteiger partial charge on any atom is -0.378 e. The average molecular weight is 479 g/mol. The van der Waals surface area contributed by atoms with Crippen LogP contribution in [-0.4, -0.2) is 56.9 Å². The number of nitrogens with one attached hydrogen (secondary N) is 1. The highest BCUT2D eigenvalue weighted by atomic mass is 127. The van der Waals surface area contributed by atoms with Crippen molar-refractivity contribution in [3.63, 3.8) is 0 Å². The van der Waals surface area contributed by atoms with E-state index in [4.69, 9.17) is 14.5 Å². The van der Waals surface area contributed by atoms with Crippen LogP contribution in [0.1, 0.15) is 38.4 Å². The number of halogens is 2. The Bertz CT molecular complexity index is 534. The van der Waals surface area contributed by atoms with Gasteiger partial charge in [0.25, 0.3) is 0 Å². The molecule has 0 bridgehead atoms. The molecule has 0 aliphatic carbocycles. The molecule has 1 fully saturated rings. The van der Waals surface area contributed by atoms with Gasteiger partial charge in [-0.3, -0.25) is 4.99 Å². The molecule has 2 rings (SSSR count). The number of nitrogens with zero attached hydrogens (tertiary/aromatic N) is 2. The van der Waals surface area contributed by atoms with Crippen LogP contribution in [0.25, 0.3) is 0 Å². The van der Waals surface area contributed by atoms with E-state index < -0.39 is 0 Å². The fraction of sp³-hybridized carbons (Fsp3) is 0.632. The lowest BCUT2D eigenvalue weighted by Crippen LogP contribution is -2.47. The molecule has 26 heavy (non-hydrogen) atoms. The number of guanidine groups is 1. The zero-order chi connectivity index (χ0) is 18.1. The summed E-state index contributed by atoms with van der Waals surface area (Å²) in [6.07, 6.45) is 2.21. The van der Waals surface area contributed by atoms with Crippen molar-refractivity contribution in [1.82, 2.24) is 10.2 Å². The van der Waals surface area contributed by atoms with Crippen LogP contribution in [-0.2, 0) is 9.47 Å². The molecular formula is C19H31FIN3O2. The normalized spacial score (nSPS) is 16.9. The molecule has 1 aliphatic heterocycles. The van der Waals surface area contributed by atoms with Crippen LogP contribution in [0.2, 0.25) is 0 Å². The van der Waals surface area contributed by atoms with Gasteiger partial charge in [-0.25, -0.2) is 4.39 Å². The molecule has 1 saturated heterocycles. The SMILES string of the molecule is CCNC(=NCC(OC)c1ccc(F)cc1)N1CCC(OCC)CC1.I. The van der Waals surface area contributed by atoms with Crippen molar-refractivity contribution in [3.8, 4) is 0 Å². The minimum absolute atomic E-state index is 0. The quantitative estimate of drug-likeness (QED) is 0.369. The molecule has 1 heterocycles. The molecule has 7 heteroatoms. The van der Waals surface area contributed by atoms with Crippen LogP contribution in [0.5, 0.6) is 0 Å². The van der Waals surface area contributed by atoms with Crippen LogP contribution in [0.15, 0.2) is 29.3 Å². The summed E-state index contributed by atoms with van der Waals surface area (Å²) >= 11 is 0. The second-order valence-corrected chi connectivity index (χ2v) is 6.11. The average Bonchev–Trinajstić information content (AvgIpc) is 2.63. The van der Waals surface area contributed by atoms with Gasteiger partial charge < -0.3 is 19.7 Å². The summed E-state index contributed by atoms with van der Waals surface area (Å²) in [5.41, 5.74) is 0.929. The lowest BCUT2D eigenvalue weighted by molar-refractivity contribution is 0.0263. The smallest absolute Gasteiger partial charge is 0.194 e. The number of hydrogen-bond donors (Lipinski definition) is 1. The van der Waals surface area contributed by atoms with E-state index in [0.717, 1.165) is 50.6 Å². The van der Waals surface area contributed by atoms with Crippen LogP contribution < -0.4 is 5.32 Å². The fourth-order valence-electron chi connectivity index (χ4n) is 3.06. The van der Waals surface area contributed by atoms with E-state index in [1.807, 2.05) is 6.92 Å². The molecule has 1 aromatic carbocycles. The third-order valence-corrected chi connectivity index (χ3v) is 4.41. The number of piperidine rings is 1. The van der Waals surface area contributed by atoms with Gasteiger partial charge in [-0.15, -0.1) is 24.0 Å². The van der Waals surface area contributed by atoms with Crippen molar-refractivity contribution in [2.24, 2.45) is 4.99 Å². The maximum absolute atomic E-state index is 13.1. The molecule has 1 unspecified atom stereocenters. The van der Waals surface area contributed by atoms with Crippen molar-refractivity contribution >= 4 is 29.9 Å². The van der Waals surface area contributed by atoms with Gasteiger partial charge in [0.2, 0.25) is 0 Å². The highest BCUT2D eigenvalue weighted by molar-refractivity contribution is 14.0. The molecule has 0 amide bonds. The maximum atomic E-state index is 13.1. The third kappa shape index (κ3) is 7.00. The molecule has 0 saturated carbocycles. The van der Waals surface area contributed by atoms with Gasteiger partial charge >= 0.3 is 0 Å². The van der Waals surface area contributed by atoms with Gasteiger partial charge in [-0.2, -0.15) is 0 Å². The van der Waals surface area contributed by atoms with Gasteiger partial charge in [0.1, 0.15) is 11.9 Å². The van der Waals surface area contributed by atoms with E-state index in [1.54, 1.807) is 19.2 Å². The molecule has 1 N–H and O–H groups in total. The molecule has 0 aromatic heterocycles. The molecular weight excluding hydrogens is 448 g/mol. The van der Waals surface area contributed by atoms with Crippen LogP contribution in [0.4, 0.5) is 4.39 Å². The van der Waals surface area contributed by atoms with Gasteiger partial charge in [-0.05, 0) is 44.4 Å². The number of methoxy groups -OCH3 is 1. The van der Waals surface area contributed by atoms with Gasteiger partial charge in [0, 0.05) is 33.4 Å². The molecule has 148 valence electrons. The number of benzene rings is 1. The highest BCUT2D eigenvalue weighted by Gasteiger charge is 2.22. The van der Waals surface area contributed by atoms with Crippen molar-refractivity contribution in [3.05, 3.63) is 35.6 Å². The predicted octanol–water partition coefficient (Wildman–Crippen LogP) is 3.60. The van der Waals surface area contributed by atoms with E-state index in [0.29, 0.717) is 12.6 Å². The Labute approximate surface area is 173 Å². The lowest BCUT2D eigenvalue weighted by atomic mass is 10.1. The van der Waals surface area contributed by atoms with Crippen molar-refractivity contribution < 1.29 is 13.9 Å². The molecule has 0 radical (unpaired) electrons. The first-order chi connectivity index (χ1) is 12.2. The summed E-state index contributed by atoms with van der Waals surface area (Å²) in [4.78, 5) is 7.02. The topological polar surface area (TPSA) is 46.1 Å². The molecule has 0 spiro atoms. The number of likely N-dealkylation sites (tertiary alicyclic amines) is 1. The molecule has 1 atom stereocenters. The van der Waals surface area contributed by atoms with E-state index >= 15 is 0 Å². The predicted molar refractivity (Wildman–Crippen MR) is 114 cm³/mol. The molecule has 1 aromatic rings. The fourth-order valence-corrected chi connectivity index (χ4v) is 3.06. The van der Waals surface area contributed by atoms with Crippen molar-refractivity contribution in [2.45, 2.75) is 38.9 Å². The third-order valence-electron chi connectivity index (χ3n) is 4.41. The zero-order valence-electron chi connectivity index (χ0n) is 15.9. The Kier molecular flexibility index (Phi) is 11.1. The van der Waals surface area contributed by atoms with Crippen molar-refractivity contribution in [1.29, 1.82) is 0 Å². The Morgan fingerprint density at radius 3 is 2.46 bits per heavy atom. The summed E-state index contributed by atoms with van der Waals surface area (Å²) < 4.78 is 24.4. The number of rotatable bonds is 7. The Balaban J connectivity index is 0.00000338. The highest BCUT2D eigenvalue weighted by Crippen LogP contribution is 2.18. The van der Waals surface area contributed by atoms with E-state index in [1.165, 1.54) is 12.1 Å². The second kappa shape index (κ2) is 12.5. The summed E-state index contributed by atoms with van der Waals surface area (Å²) in [6.45, 7) is 8.06. The van der Waals surface area contributed by atoms with E-state index in [9.17, 15) is 4.39 Å². The van der Waals surface area contributed by atoms with Gasteiger partial charge in [0.15, 0.2) is 5.96 Å². The zero-order valence-corrected chi connectivity index (χ0v) is 18.2. The van der Waals surface area contributed by atoms with E-state index in [-0.39, 0.29) is 35.9 Å². The van der Waals surface area contributed by atoms with Gasteiger partial charge in [-0.1, -0.05) is 12.1 Å².